The standard InChI is InChI=1S/C8H16N2/c1-2-3-4-5-8(6-9)7-10/h2,5H,1,3-4,6-7,9-10H2. The summed E-state index contributed by atoms with van der Waals surface area (Å²) in [6, 6.07) is 0. The van der Waals surface area contributed by atoms with E-state index in [2.05, 4.69) is 12.7 Å². The van der Waals surface area contributed by atoms with E-state index in [-0.39, 0.29) is 0 Å². The number of unbranched alkanes of at least 4 members (excludes halogenated alkanes) is 1. The van der Waals surface area contributed by atoms with Gasteiger partial charge in [-0.15, -0.1) is 6.58 Å². The molecule has 0 aromatic rings. The molecule has 0 unspecified atom stereocenters. The predicted octanol–water partition coefficient (Wildman–Crippen LogP) is 0.796. The van der Waals surface area contributed by atoms with Crippen LogP contribution in [0.2, 0.25) is 0 Å². The van der Waals surface area contributed by atoms with Crippen LogP contribution in [0.3, 0.4) is 0 Å². The molecule has 0 saturated carbocycles. The topological polar surface area (TPSA) is 52.0 Å². The Kier molecular flexibility index (Phi) is 6.13. The summed E-state index contributed by atoms with van der Waals surface area (Å²) < 4.78 is 0. The van der Waals surface area contributed by atoms with Crippen molar-refractivity contribution in [2.24, 2.45) is 11.5 Å². The molecule has 0 aromatic carbocycles. The van der Waals surface area contributed by atoms with E-state index >= 15 is 0 Å². The molecule has 0 heterocycles. The van der Waals surface area contributed by atoms with E-state index in [9.17, 15) is 0 Å². The average Bonchev–Trinajstić information content (AvgIpc) is 1.99. The van der Waals surface area contributed by atoms with Crippen molar-refractivity contribution in [3.05, 3.63) is 24.3 Å². The van der Waals surface area contributed by atoms with Crippen molar-refractivity contribution < 1.29 is 0 Å². The molecule has 2 nitrogen and oxygen atoms in total. The van der Waals surface area contributed by atoms with Gasteiger partial charge in [-0.2, -0.15) is 0 Å². The van der Waals surface area contributed by atoms with Gasteiger partial charge in [-0.1, -0.05) is 12.2 Å². The molecule has 0 rings (SSSR count). The van der Waals surface area contributed by atoms with E-state index in [1.807, 2.05) is 6.08 Å². The van der Waals surface area contributed by atoms with E-state index in [1.165, 1.54) is 0 Å². The van der Waals surface area contributed by atoms with Crippen molar-refractivity contribution in [2.75, 3.05) is 13.1 Å². The third-order valence-electron chi connectivity index (χ3n) is 1.33. The Balaban J connectivity index is 3.52. The number of allylic oxidation sites excluding steroid dienone is 2. The zero-order valence-corrected chi connectivity index (χ0v) is 6.34. The second-order valence-electron chi connectivity index (χ2n) is 2.14. The van der Waals surface area contributed by atoms with Crippen LogP contribution in [0.5, 0.6) is 0 Å². The van der Waals surface area contributed by atoms with Gasteiger partial charge in [0.2, 0.25) is 0 Å². The fraction of sp³-hybridized carbons (Fsp3) is 0.500. The molecule has 0 spiro atoms. The van der Waals surface area contributed by atoms with Gasteiger partial charge in [-0.05, 0) is 18.4 Å². The largest absolute Gasteiger partial charge is 0.327 e. The van der Waals surface area contributed by atoms with Crippen molar-refractivity contribution in [1.29, 1.82) is 0 Å². The van der Waals surface area contributed by atoms with Crippen LogP contribution in [0.1, 0.15) is 12.8 Å². The van der Waals surface area contributed by atoms with Crippen molar-refractivity contribution in [3.63, 3.8) is 0 Å². The zero-order chi connectivity index (χ0) is 7.82. The Morgan fingerprint density at radius 2 is 1.80 bits per heavy atom. The van der Waals surface area contributed by atoms with Gasteiger partial charge in [0.05, 0.1) is 0 Å². The highest BCUT2D eigenvalue weighted by Crippen LogP contribution is 1.95. The molecule has 0 aliphatic carbocycles. The van der Waals surface area contributed by atoms with Gasteiger partial charge in [0.25, 0.3) is 0 Å². The predicted molar refractivity (Wildman–Crippen MR) is 45.6 cm³/mol. The van der Waals surface area contributed by atoms with E-state index < -0.39 is 0 Å². The summed E-state index contributed by atoms with van der Waals surface area (Å²) in [6.45, 7) is 4.77. The van der Waals surface area contributed by atoms with Gasteiger partial charge in [0.15, 0.2) is 0 Å². The van der Waals surface area contributed by atoms with Crippen LogP contribution in [0.15, 0.2) is 24.3 Å². The highest BCUT2D eigenvalue weighted by atomic mass is 14.6. The van der Waals surface area contributed by atoms with Gasteiger partial charge in [-0.25, -0.2) is 0 Å². The summed E-state index contributed by atoms with van der Waals surface area (Å²) >= 11 is 0. The molecule has 0 atom stereocenters. The van der Waals surface area contributed by atoms with Crippen LogP contribution in [0, 0.1) is 0 Å². The minimum absolute atomic E-state index is 0.577. The molecular weight excluding hydrogens is 124 g/mol. The molecule has 58 valence electrons. The summed E-state index contributed by atoms with van der Waals surface area (Å²) in [5, 5.41) is 0. The fourth-order valence-electron chi connectivity index (χ4n) is 0.655. The van der Waals surface area contributed by atoms with E-state index in [0.717, 1.165) is 18.4 Å². The number of hydrogen-bond donors (Lipinski definition) is 2. The lowest BCUT2D eigenvalue weighted by atomic mass is 10.2. The SMILES string of the molecule is C=CCCC=C(CN)CN. The van der Waals surface area contributed by atoms with Crippen molar-refractivity contribution in [2.45, 2.75) is 12.8 Å². The quantitative estimate of drug-likeness (QED) is 0.438. The summed E-state index contributed by atoms with van der Waals surface area (Å²) in [6.07, 6.45) is 5.99. The van der Waals surface area contributed by atoms with Crippen LogP contribution < -0.4 is 11.5 Å². The Morgan fingerprint density at radius 3 is 2.20 bits per heavy atom. The Bertz CT molecular complexity index is 110. The molecule has 0 saturated heterocycles. The van der Waals surface area contributed by atoms with Crippen LogP contribution >= 0.6 is 0 Å². The molecule has 2 heteroatoms. The second kappa shape index (κ2) is 6.52. The molecule has 0 aliphatic rings. The Hall–Kier alpha value is -0.600. The first-order chi connectivity index (χ1) is 4.85. The average molecular weight is 140 g/mol. The first-order valence-corrected chi connectivity index (χ1v) is 3.54. The summed E-state index contributed by atoms with van der Waals surface area (Å²) in [5.41, 5.74) is 11.9. The van der Waals surface area contributed by atoms with E-state index in [4.69, 9.17) is 11.5 Å². The molecule has 0 aliphatic heterocycles. The minimum atomic E-state index is 0.577. The number of hydrogen-bond acceptors (Lipinski definition) is 2. The molecule has 0 fully saturated rings. The molecular formula is C8H16N2. The van der Waals surface area contributed by atoms with Crippen LogP contribution in [0.25, 0.3) is 0 Å². The van der Waals surface area contributed by atoms with Crippen LogP contribution in [-0.4, -0.2) is 13.1 Å². The molecule has 10 heavy (non-hydrogen) atoms. The number of rotatable bonds is 5. The first-order valence-electron chi connectivity index (χ1n) is 3.54. The van der Waals surface area contributed by atoms with Gasteiger partial charge in [-0.3, -0.25) is 0 Å². The van der Waals surface area contributed by atoms with Gasteiger partial charge in [0.1, 0.15) is 0 Å². The van der Waals surface area contributed by atoms with E-state index in [0.29, 0.717) is 13.1 Å². The van der Waals surface area contributed by atoms with Crippen molar-refractivity contribution in [1.82, 2.24) is 0 Å². The van der Waals surface area contributed by atoms with Gasteiger partial charge < -0.3 is 11.5 Å². The lowest BCUT2D eigenvalue weighted by Crippen LogP contribution is -2.12. The Labute approximate surface area is 62.6 Å². The monoisotopic (exact) mass is 140 g/mol. The smallest absolute Gasteiger partial charge is 0.0149 e. The maximum absolute atomic E-state index is 5.39. The molecule has 0 amide bonds. The summed E-state index contributed by atoms with van der Waals surface area (Å²) in [5.74, 6) is 0. The van der Waals surface area contributed by atoms with E-state index in [1.54, 1.807) is 0 Å². The Morgan fingerprint density at radius 1 is 1.20 bits per heavy atom. The minimum Gasteiger partial charge on any atom is -0.327 e. The maximum Gasteiger partial charge on any atom is 0.0149 e. The third-order valence-corrected chi connectivity index (χ3v) is 1.33. The fourth-order valence-corrected chi connectivity index (χ4v) is 0.655. The maximum atomic E-state index is 5.39. The first kappa shape index (κ1) is 9.40. The molecule has 0 aromatic heterocycles. The highest BCUT2D eigenvalue weighted by Gasteiger charge is 1.87. The molecule has 0 radical (unpaired) electrons. The van der Waals surface area contributed by atoms with Crippen LogP contribution in [-0.2, 0) is 0 Å². The highest BCUT2D eigenvalue weighted by molar-refractivity contribution is 5.05. The van der Waals surface area contributed by atoms with Crippen molar-refractivity contribution in [3.8, 4) is 0 Å². The summed E-state index contributed by atoms with van der Waals surface area (Å²) in [7, 11) is 0. The summed E-state index contributed by atoms with van der Waals surface area (Å²) in [4.78, 5) is 0. The molecule has 4 N–H and O–H groups in total. The lowest BCUT2D eigenvalue weighted by molar-refractivity contribution is 0.976. The lowest BCUT2D eigenvalue weighted by Gasteiger charge is -1.97. The van der Waals surface area contributed by atoms with Crippen LogP contribution in [0.4, 0.5) is 0 Å². The molecule has 0 bridgehead atoms. The van der Waals surface area contributed by atoms with Gasteiger partial charge >= 0.3 is 0 Å². The number of nitrogens with two attached hydrogens (primary N) is 2. The zero-order valence-electron chi connectivity index (χ0n) is 6.34. The third kappa shape index (κ3) is 4.30. The van der Waals surface area contributed by atoms with Gasteiger partial charge in [0, 0.05) is 13.1 Å². The van der Waals surface area contributed by atoms with Crippen molar-refractivity contribution >= 4 is 0 Å². The second-order valence-corrected chi connectivity index (χ2v) is 2.14. The normalized spacial score (nSPS) is 9.00.